The number of para-hydroxylation sites is 1. The monoisotopic (exact) mass is 293 g/mol. The molecule has 4 N–H and O–H groups in total. The molecule has 20 heavy (non-hydrogen) atoms. The minimum absolute atomic E-state index is 0.0604. The third kappa shape index (κ3) is 3.09. The summed E-state index contributed by atoms with van der Waals surface area (Å²) in [5.74, 6) is -1.11. The largest absolute Gasteiger partial charge is 0.364 e. The highest BCUT2D eigenvalue weighted by atomic mass is 32.1. The second-order valence-corrected chi connectivity index (χ2v) is 4.40. The van der Waals surface area contributed by atoms with Crippen molar-refractivity contribution < 1.29 is 9.18 Å². The van der Waals surface area contributed by atoms with Crippen molar-refractivity contribution in [2.45, 2.75) is 0 Å². The molecule has 0 saturated carbocycles. The van der Waals surface area contributed by atoms with E-state index in [1.165, 1.54) is 10.7 Å². The number of aryl methyl sites for hydroxylation is 1. The summed E-state index contributed by atoms with van der Waals surface area (Å²) >= 11 is 5.06. The van der Waals surface area contributed by atoms with E-state index < -0.39 is 11.7 Å². The zero-order valence-corrected chi connectivity index (χ0v) is 11.4. The highest BCUT2D eigenvalue weighted by Crippen LogP contribution is 2.15. The van der Waals surface area contributed by atoms with Gasteiger partial charge in [0.25, 0.3) is 5.91 Å². The van der Waals surface area contributed by atoms with Gasteiger partial charge in [0.2, 0.25) is 0 Å². The van der Waals surface area contributed by atoms with Gasteiger partial charge in [-0.15, -0.1) is 0 Å². The molecule has 104 valence electrons. The Morgan fingerprint density at radius 2 is 2.00 bits per heavy atom. The van der Waals surface area contributed by atoms with Crippen molar-refractivity contribution in [2.24, 2.45) is 12.8 Å². The van der Waals surface area contributed by atoms with Gasteiger partial charge < -0.3 is 16.4 Å². The molecule has 0 unspecified atom stereocenters. The lowest BCUT2D eigenvalue weighted by Crippen LogP contribution is -2.22. The minimum atomic E-state index is -0.679. The minimum Gasteiger partial charge on any atom is -0.364 e. The Hall–Kier alpha value is -2.48. The first-order chi connectivity index (χ1) is 9.47. The lowest BCUT2D eigenvalue weighted by atomic mass is 10.3. The van der Waals surface area contributed by atoms with Gasteiger partial charge >= 0.3 is 0 Å². The molecule has 0 bridgehead atoms. The van der Waals surface area contributed by atoms with Crippen LogP contribution in [0.1, 0.15) is 10.5 Å². The van der Waals surface area contributed by atoms with Gasteiger partial charge in [-0.25, -0.2) is 4.39 Å². The smallest absolute Gasteiger partial charge is 0.271 e. The quantitative estimate of drug-likeness (QED) is 0.746. The predicted molar refractivity (Wildman–Crippen MR) is 78.0 cm³/mol. The van der Waals surface area contributed by atoms with Crippen LogP contribution in [0.15, 0.2) is 30.5 Å². The number of halogens is 1. The Balaban J connectivity index is 2.13. The van der Waals surface area contributed by atoms with Gasteiger partial charge in [0.1, 0.15) is 5.82 Å². The van der Waals surface area contributed by atoms with E-state index in [1.54, 1.807) is 31.4 Å². The standard InChI is InChI=1S/C12H12FN5OS/c1-18-6-9(10(17-18)11(14)19)16-12(20)15-8-5-3-2-4-7(8)13/h2-6H,1H3,(H2,14,19)(H2,15,16,20). The van der Waals surface area contributed by atoms with Crippen LogP contribution in [0.5, 0.6) is 0 Å². The second kappa shape index (κ2) is 5.66. The van der Waals surface area contributed by atoms with E-state index in [0.29, 0.717) is 5.69 Å². The first-order valence-corrected chi connectivity index (χ1v) is 6.04. The van der Waals surface area contributed by atoms with Crippen molar-refractivity contribution in [2.75, 3.05) is 10.6 Å². The maximum atomic E-state index is 13.5. The van der Waals surface area contributed by atoms with Gasteiger partial charge in [-0.3, -0.25) is 9.48 Å². The molecule has 0 radical (unpaired) electrons. The fourth-order valence-corrected chi connectivity index (χ4v) is 1.82. The summed E-state index contributed by atoms with van der Waals surface area (Å²) < 4.78 is 14.9. The summed E-state index contributed by atoms with van der Waals surface area (Å²) in [5, 5.41) is 9.48. The molecule has 0 aliphatic carbocycles. The number of aromatic nitrogens is 2. The third-order valence-corrected chi connectivity index (χ3v) is 2.64. The molecule has 1 heterocycles. The Labute approximate surface area is 119 Å². The van der Waals surface area contributed by atoms with Crippen LogP contribution in [0, 0.1) is 5.82 Å². The van der Waals surface area contributed by atoms with E-state index in [-0.39, 0.29) is 16.5 Å². The van der Waals surface area contributed by atoms with E-state index >= 15 is 0 Å². The maximum absolute atomic E-state index is 13.5. The molecule has 0 saturated heterocycles. The van der Waals surface area contributed by atoms with Crippen LogP contribution in [0.4, 0.5) is 15.8 Å². The average molecular weight is 293 g/mol. The fourth-order valence-electron chi connectivity index (χ4n) is 1.60. The normalized spacial score (nSPS) is 10.1. The summed E-state index contributed by atoms with van der Waals surface area (Å²) in [6.07, 6.45) is 1.55. The molecule has 1 amide bonds. The molecule has 2 rings (SSSR count). The third-order valence-electron chi connectivity index (χ3n) is 2.43. The first-order valence-electron chi connectivity index (χ1n) is 5.63. The topological polar surface area (TPSA) is 85.0 Å². The lowest BCUT2D eigenvalue weighted by Gasteiger charge is -2.10. The van der Waals surface area contributed by atoms with Crippen LogP contribution >= 0.6 is 12.2 Å². The molecule has 2 aromatic rings. The number of hydrogen-bond donors (Lipinski definition) is 3. The summed E-state index contributed by atoms with van der Waals surface area (Å²) in [6, 6.07) is 6.10. The number of rotatable bonds is 3. The van der Waals surface area contributed by atoms with Crippen LogP contribution in [-0.4, -0.2) is 20.8 Å². The summed E-state index contributed by atoms with van der Waals surface area (Å²) in [7, 11) is 1.64. The number of nitrogens with zero attached hydrogens (tertiary/aromatic N) is 2. The van der Waals surface area contributed by atoms with Crippen molar-refractivity contribution in [3.8, 4) is 0 Å². The van der Waals surface area contributed by atoms with Crippen LogP contribution < -0.4 is 16.4 Å². The molecule has 1 aromatic heterocycles. The van der Waals surface area contributed by atoms with Gasteiger partial charge in [-0.1, -0.05) is 12.1 Å². The van der Waals surface area contributed by atoms with Crippen LogP contribution in [0.25, 0.3) is 0 Å². The summed E-state index contributed by atoms with van der Waals surface area (Å²) in [6.45, 7) is 0. The first kappa shape index (κ1) is 13.9. The second-order valence-electron chi connectivity index (χ2n) is 3.99. The van der Waals surface area contributed by atoms with E-state index in [4.69, 9.17) is 18.0 Å². The van der Waals surface area contributed by atoms with E-state index in [1.807, 2.05) is 0 Å². The van der Waals surface area contributed by atoms with Crippen molar-refractivity contribution in [3.05, 3.63) is 42.0 Å². The van der Waals surface area contributed by atoms with Crippen LogP contribution in [-0.2, 0) is 7.05 Å². The molecular weight excluding hydrogens is 281 g/mol. The highest BCUT2D eigenvalue weighted by molar-refractivity contribution is 7.80. The molecule has 0 atom stereocenters. The molecule has 6 nitrogen and oxygen atoms in total. The number of benzene rings is 1. The number of carbonyl (C=O) groups is 1. The van der Waals surface area contributed by atoms with Gasteiger partial charge in [-0.05, 0) is 24.4 Å². The number of nitrogens with two attached hydrogens (primary N) is 1. The molecule has 0 aliphatic rings. The van der Waals surface area contributed by atoms with Crippen molar-refractivity contribution in [3.63, 3.8) is 0 Å². The Bertz CT molecular complexity index is 670. The van der Waals surface area contributed by atoms with Crippen LogP contribution in [0.3, 0.4) is 0 Å². The Kier molecular flexibility index (Phi) is 3.94. The lowest BCUT2D eigenvalue weighted by molar-refractivity contribution is 0.0995. The number of primary amides is 1. The van der Waals surface area contributed by atoms with E-state index in [2.05, 4.69) is 15.7 Å². The SMILES string of the molecule is Cn1cc(NC(=S)Nc2ccccc2F)c(C(N)=O)n1. The number of anilines is 2. The summed E-state index contributed by atoms with van der Waals surface area (Å²) in [4.78, 5) is 11.2. The van der Waals surface area contributed by atoms with Crippen LogP contribution in [0.2, 0.25) is 0 Å². The zero-order chi connectivity index (χ0) is 14.7. The summed E-state index contributed by atoms with van der Waals surface area (Å²) in [5.41, 5.74) is 5.85. The van der Waals surface area contributed by atoms with Gasteiger partial charge in [0.15, 0.2) is 10.8 Å². The molecule has 0 fully saturated rings. The Morgan fingerprint density at radius 3 is 2.65 bits per heavy atom. The number of amides is 1. The van der Waals surface area contributed by atoms with Gasteiger partial charge in [-0.2, -0.15) is 5.10 Å². The molecule has 8 heteroatoms. The fraction of sp³-hybridized carbons (Fsp3) is 0.0833. The number of hydrogen-bond acceptors (Lipinski definition) is 3. The molecule has 1 aromatic carbocycles. The number of nitrogens with one attached hydrogen (secondary N) is 2. The average Bonchev–Trinajstić information content (AvgIpc) is 2.73. The van der Waals surface area contributed by atoms with E-state index in [0.717, 1.165) is 0 Å². The van der Waals surface area contributed by atoms with Crippen molar-refractivity contribution in [1.82, 2.24) is 9.78 Å². The number of carbonyl (C=O) groups excluding carboxylic acids is 1. The highest BCUT2D eigenvalue weighted by Gasteiger charge is 2.14. The number of thiocarbonyl (C=S) groups is 1. The Morgan fingerprint density at radius 1 is 1.35 bits per heavy atom. The molecule has 0 spiro atoms. The molecular formula is C12H12FN5OS. The van der Waals surface area contributed by atoms with Gasteiger partial charge in [0.05, 0.1) is 11.4 Å². The van der Waals surface area contributed by atoms with Crippen molar-refractivity contribution in [1.29, 1.82) is 0 Å². The van der Waals surface area contributed by atoms with Crippen molar-refractivity contribution >= 4 is 34.6 Å². The molecule has 0 aliphatic heterocycles. The predicted octanol–water partition coefficient (Wildman–Crippen LogP) is 1.47. The van der Waals surface area contributed by atoms with E-state index in [9.17, 15) is 9.18 Å². The maximum Gasteiger partial charge on any atom is 0.271 e. The van der Waals surface area contributed by atoms with Gasteiger partial charge in [0, 0.05) is 13.2 Å². The zero-order valence-electron chi connectivity index (χ0n) is 10.6.